The first kappa shape index (κ1) is 21.1. The van der Waals surface area contributed by atoms with Crippen LogP contribution in [0, 0.1) is 5.92 Å². The highest BCUT2D eigenvalue weighted by Crippen LogP contribution is 2.31. The molecule has 1 aliphatic rings. The molecular weight excluding hydrogens is 402 g/mol. The second-order valence-electron chi connectivity index (χ2n) is 8.47. The van der Waals surface area contributed by atoms with Crippen LogP contribution in [0.3, 0.4) is 0 Å². The lowest BCUT2D eigenvalue weighted by Crippen LogP contribution is -2.47. The Bertz CT molecular complexity index is 1190. The van der Waals surface area contributed by atoms with Crippen molar-refractivity contribution in [3.8, 4) is 0 Å². The van der Waals surface area contributed by atoms with Crippen molar-refractivity contribution < 1.29 is 8.42 Å². The van der Waals surface area contributed by atoms with E-state index in [0.29, 0.717) is 25.0 Å². The molecule has 3 aromatic heterocycles. The van der Waals surface area contributed by atoms with Gasteiger partial charge in [0.25, 0.3) is 0 Å². The molecule has 2 unspecified atom stereocenters. The third-order valence-electron chi connectivity index (χ3n) is 6.58. The molecule has 2 N–H and O–H groups in total. The second-order valence-corrected chi connectivity index (χ2v) is 10.6. The van der Waals surface area contributed by atoms with Crippen molar-refractivity contribution in [2.45, 2.75) is 64.2 Å². The molecule has 0 bridgehead atoms. The Morgan fingerprint density at radius 2 is 2.13 bits per heavy atom. The molecule has 0 spiro atoms. The van der Waals surface area contributed by atoms with Crippen LogP contribution < -0.4 is 5.69 Å². The summed E-state index contributed by atoms with van der Waals surface area (Å²) in [5.74, 6) is 0.108. The summed E-state index contributed by atoms with van der Waals surface area (Å²) >= 11 is 0. The average molecular weight is 434 g/mol. The van der Waals surface area contributed by atoms with E-state index in [4.69, 9.17) is 0 Å². The monoisotopic (exact) mass is 433 g/mol. The van der Waals surface area contributed by atoms with E-state index in [1.807, 2.05) is 26.8 Å². The number of hydrogen-bond donors (Lipinski definition) is 2. The number of imidazole rings is 1. The first-order chi connectivity index (χ1) is 14.4. The molecule has 4 heterocycles. The Balaban J connectivity index is 1.72. The van der Waals surface area contributed by atoms with Crippen molar-refractivity contribution in [2.75, 3.05) is 13.1 Å². The first-order valence-electron chi connectivity index (χ1n) is 10.9. The molecule has 1 saturated heterocycles. The number of H-pyrrole nitrogens is 2. The van der Waals surface area contributed by atoms with Crippen LogP contribution in [0.1, 0.15) is 58.9 Å². The maximum absolute atomic E-state index is 13.5. The number of pyridine rings is 1. The molecule has 0 aromatic carbocycles. The van der Waals surface area contributed by atoms with Gasteiger partial charge in [0.05, 0.1) is 28.5 Å². The predicted octanol–water partition coefficient (Wildman–Crippen LogP) is 3.39. The number of hydrogen-bond acceptors (Lipinski definition) is 4. The van der Waals surface area contributed by atoms with Gasteiger partial charge in [0.2, 0.25) is 10.0 Å². The van der Waals surface area contributed by atoms with Gasteiger partial charge in [-0.15, -0.1) is 0 Å². The molecule has 0 saturated carbocycles. The lowest BCUT2D eigenvalue weighted by molar-refractivity contribution is 0.261. The van der Waals surface area contributed by atoms with Gasteiger partial charge in [-0.2, -0.15) is 4.31 Å². The highest BCUT2D eigenvalue weighted by atomic mass is 32.2. The summed E-state index contributed by atoms with van der Waals surface area (Å²) in [5.41, 5.74) is 1.98. The fourth-order valence-electron chi connectivity index (χ4n) is 4.80. The van der Waals surface area contributed by atoms with E-state index < -0.39 is 10.0 Å². The predicted molar refractivity (Wildman–Crippen MR) is 119 cm³/mol. The molecule has 0 aliphatic carbocycles. The molecule has 1 fully saturated rings. The Hall–Kier alpha value is -2.13. The van der Waals surface area contributed by atoms with Gasteiger partial charge in [-0.05, 0) is 31.2 Å². The quantitative estimate of drug-likeness (QED) is 0.596. The fourth-order valence-corrected chi connectivity index (χ4v) is 7.26. The zero-order chi connectivity index (χ0) is 21.5. The second kappa shape index (κ2) is 8.19. The van der Waals surface area contributed by atoms with Gasteiger partial charge < -0.3 is 9.97 Å². The number of aromatic amines is 2. The Labute approximate surface area is 176 Å². The Kier molecular flexibility index (Phi) is 5.76. The maximum Gasteiger partial charge on any atom is 0.326 e. The topological polar surface area (TPSA) is 104 Å². The van der Waals surface area contributed by atoms with Crippen LogP contribution in [-0.2, 0) is 10.0 Å². The summed E-state index contributed by atoms with van der Waals surface area (Å²) in [6, 6.07) is 1.71. The minimum Gasteiger partial charge on any atom is -0.346 e. The van der Waals surface area contributed by atoms with Crippen molar-refractivity contribution in [1.82, 2.24) is 23.8 Å². The van der Waals surface area contributed by atoms with Crippen molar-refractivity contribution in [3.63, 3.8) is 0 Å². The van der Waals surface area contributed by atoms with Crippen molar-refractivity contribution >= 4 is 32.1 Å². The lowest BCUT2D eigenvalue weighted by Gasteiger charge is -2.36. The van der Waals surface area contributed by atoms with E-state index in [1.165, 1.54) is 0 Å². The minimum atomic E-state index is -3.43. The largest absolute Gasteiger partial charge is 0.346 e. The summed E-state index contributed by atoms with van der Waals surface area (Å²) in [6.07, 6.45) is 7.31. The van der Waals surface area contributed by atoms with Gasteiger partial charge in [0, 0.05) is 24.7 Å². The van der Waals surface area contributed by atoms with Crippen molar-refractivity contribution in [1.29, 1.82) is 0 Å². The highest BCUT2D eigenvalue weighted by molar-refractivity contribution is 7.89. The van der Waals surface area contributed by atoms with Gasteiger partial charge >= 0.3 is 5.69 Å². The van der Waals surface area contributed by atoms with E-state index in [0.717, 1.165) is 42.2 Å². The normalized spacial score (nSPS) is 20.7. The standard InChI is InChI=1S/C21H31N5O3S/c1-4-7-18(14(3)5-2)30(28,29)25-11-6-8-15(13-25)26-19-16-9-10-22-20(16)23-12-17(19)24-21(26)27/h9-10,12,14-15,18H,4-8,11,13H2,1-3H3,(H,22,23)(H,24,27)/t14-,15?,18?/m1/s1. The average Bonchev–Trinajstić information content (AvgIpc) is 3.34. The summed E-state index contributed by atoms with van der Waals surface area (Å²) in [7, 11) is -3.43. The third-order valence-corrected chi connectivity index (χ3v) is 9.10. The third kappa shape index (κ3) is 3.47. The molecule has 0 radical (unpaired) electrons. The van der Waals surface area contributed by atoms with Gasteiger partial charge in [0.15, 0.2) is 0 Å². The van der Waals surface area contributed by atoms with Crippen molar-refractivity contribution in [2.24, 2.45) is 5.92 Å². The van der Waals surface area contributed by atoms with Gasteiger partial charge in [0.1, 0.15) is 5.65 Å². The number of aromatic nitrogens is 4. The summed E-state index contributed by atoms with van der Waals surface area (Å²) in [6.45, 7) is 6.96. The van der Waals surface area contributed by atoms with Gasteiger partial charge in [-0.1, -0.05) is 33.6 Å². The van der Waals surface area contributed by atoms with Crippen LogP contribution in [0.15, 0.2) is 23.3 Å². The molecule has 0 amide bonds. The molecule has 164 valence electrons. The first-order valence-corrected chi connectivity index (χ1v) is 12.4. The summed E-state index contributed by atoms with van der Waals surface area (Å²) in [5, 5.41) is 0.501. The molecular formula is C21H31N5O3S. The summed E-state index contributed by atoms with van der Waals surface area (Å²) in [4.78, 5) is 23.2. The Morgan fingerprint density at radius 3 is 2.87 bits per heavy atom. The zero-order valence-electron chi connectivity index (χ0n) is 17.9. The number of rotatable bonds is 7. The number of nitrogens with zero attached hydrogens (tertiary/aromatic N) is 3. The number of piperidine rings is 1. The van der Waals surface area contributed by atoms with Crippen LogP contribution in [-0.4, -0.2) is 50.6 Å². The van der Waals surface area contributed by atoms with Crippen LogP contribution in [0.4, 0.5) is 0 Å². The van der Waals surface area contributed by atoms with E-state index in [1.54, 1.807) is 21.3 Å². The lowest BCUT2D eigenvalue weighted by atomic mass is 10.0. The van der Waals surface area contributed by atoms with E-state index in [2.05, 4.69) is 15.0 Å². The van der Waals surface area contributed by atoms with Gasteiger partial charge in [-0.3, -0.25) is 4.57 Å². The number of nitrogens with one attached hydrogen (secondary N) is 2. The highest BCUT2D eigenvalue weighted by Gasteiger charge is 2.38. The van der Waals surface area contributed by atoms with Crippen LogP contribution in [0.25, 0.3) is 22.1 Å². The molecule has 3 atom stereocenters. The number of sulfonamides is 1. The summed E-state index contributed by atoms with van der Waals surface area (Å²) < 4.78 is 30.4. The molecule has 3 aromatic rings. The van der Waals surface area contributed by atoms with Gasteiger partial charge in [-0.25, -0.2) is 18.2 Å². The fraction of sp³-hybridized carbons (Fsp3) is 0.619. The number of fused-ring (bicyclic) bond motifs is 3. The molecule has 1 aliphatic heterocycles. The van der Waals surface area contributed by atoms with Crippen LogP contribution in [0.2, 0.25) is 0 Å². The maximum atomic E-state index is 13.5. The smallest absolute Gasteiger partial charge is 0.326 e. The van der Waals surface area contributed by atoms with E-state index in [9.17, 15) is 13.2 Å². The molecule has 4 rings (SSSR count). The Morgan fingerprint density at radius 1 is 1.33 bits per heavy atom. The molecule has 8 nitrogen and oxygen atoms in total. The van der Waals surface area contributed by atoms with E-state index in [-0.39, 0.29) is 22.9 Å². The minimum absolute atomic E-state index is 0.108. The van der Waals surface area contributed by atoms with Crippen molar-refractivity contribution in [3.05, 3.63) is 28.9 Å². The molecule has 9 heteroatoms. The SMILES string of the molecule is CCCC([C@H](C)CC)S(=O)(=O)N1CCCC(n2c(=O)[nH]c3cnc4[nH]ccc4c32)C1. The zero-order valence-corrected chi connectivity index (χ0v) is 18.7. The van der Waals surface area contributed by atoms with Crippen LogP contribution >= 0.6 is 0 Å². The van der Waals surface area contributed by atoms with E-state index >= 15 is 0 Å². The van der Waals surface area contributed by atoms with Crippen LogP contribution in [0.5, 0.6) is 0 Å². The molecule has 30 heavy (non-hydrogen) atoms.